The summed E-state index contributed by atoms with van der Waals surface area (Å²) in [5, 5.41) is 0. The van der Waals surface area contributed by atoms with Gasteiger partial charge in [0.1, 0.15) is 0 Å². The van der Waals surface area contributed by atoms with Gasteiger partial charge in [0.25, 0.3) is 0 Å². The molecule has 1 aliphatic rings. The molecule has 0 aliphatic heterocycles. The van der Waals surface area contributed by atoms with E-state index in [9.17, 15) is 0 Å². The third kappa shape index (κ3) is 0.793. The number of aromatic nitrogens is 1. The highest BCUT2D eigenvalue weighted by atomic mass is 32.1. The highest BCUT2D eigenvalue weighted by molar-refractivity contribution is 7.09. The molecule has 9 heavy (non-hydrogen) atoms. The Morgan fingerprint density at radius 2 is 2.67 bits per heavy atom. The number of hydrogen-bond acceptors (Lipinski definition) is 2. The van der Waals surface area contributed by atoms with E-state index in [0.29, 0.717) is 0 Å². The normalized spacial score (nSPS) is 15.6. The average molecular weight is 136 g/mol. The Balaban J connectivity index is 2.53. The van der Waals surface area contributed by atoms with Gasteiger partial charge in [-0.2, -0.15) is 0 Å². The molecule has 2 heteroatoms. The molecule has 1 aromatic rings. The number of nitrogens with zero attached hydrogens (tertiary/aromatic N) is 1. The third-order valence-corrected chi connectivity index (χ3v) is 2.28. The van der Waals surface area contributed by atoms with E-state index in [1.807, 2.05) is 0 Å². The summed E-state index contributed by atoms with van der Waals surface area (Å²) in [4.78, 5) is 5.45. The minimum Gasteiger partial charge on any atom is -0.234 e. The zero-order chi connectivity index (χ0) is 6.10. The van der Waals surface area contributed by atoms with Gasteiger partial charge < -0.3 is 0 Å². The number of aryl methyl sites for hydroxylation is 1. The molecule has 0 spiro atoms. The summed E-state index contributed by atoms with van der Waals surface area (Å²) in [5.74, 6) is 0. The van der Waals surface area contributed by atoms with Crippen molar-refractivity contribution in [2.75, 3.05) is 0 Å². The molecule has 0 atom stereocenters. The molecule has 1 aliphatic carbocycles. The van der Waals surface area contributed by atoms with Gasteiger partial charge in [-0.3, -0.25) is 0 Å². The summed E-state index contributed by atoms with van der Waals surface area (Å²) >= 11 is 1.64. The van der Waals surface area contributed by atoms with Crippen LogP contribution in [0.1, 0.15) is 17.0 Å². The first-order valence-electron chi connectivity index (χ1n) is 2.99. The molecule has 1 nitrogen and oxygen atoms in total. The van der Waals surface area contributed by atoms with Crippen LogP contribution in [0.3, 0.4) is 0 Å². The van der Waals surface area contributed by atoms with Gasteiger partial charge in [-0.15, -0.1) is 11.3 Å². The third-order valence-electron chi connectivity index (χ3n) is 1.43. The van der Waals surface area contributed by atoms with Gasteiger partial charge in [-0.25, -0.2) is 4.98 Å². The molecule has 1 heterocycles. The number of fused-ring (bicyclic) bond motifs is 1. The molecule has 0 saturated heterocycles. The fraction of sp³-hybridized carbons (Fsp3) is 0.286. The van der Waals surface area contributed by atoms with E-state index >= 15 is 0 Å². The molecule has 0 fully saturated rings. The predicted molar refractivity (Wildman–Crippen MR) is 38.3 cm³/mol. The first kappa shape index (κ1) is 5.18. The molecule has 45 valence electrons. The van der Waals surface area contributed by atoms with Gasteiger partial charge in [0.2, 0.25) is 0 Å². The second kappa shape index (κ2) is 1.95. The molecule has 1 radical (unpaired) electrons. The van der Waals surface area contributed by atoms with Crippen LogP contribution in [-0.2, 0) is 6.42 Å². The van der Waals surface area contributed by atoms with Crippen molar-refractivity contribution in [1.82, 2.24) is 4.98 Å². The number of thiazole rings is 1. The average Bonchev–Trinajstić information content (AvgIpc) is 2.33. The maximum absolute atomic E-state index is 4.06. The summed E-state index contributed by atoms with van der Waals surface area (Å²) in [5.41, 5.74) is 4.01. The standard InChI is InChI=1S/C7H6NS/c1-2-4-7-6(3-1)8-5-9-7/h1,3H,2,4H2. The first-order chi connectivity index (χ1) is 4.47. The number of allylic oxidation sites excluding steroid dienone is 1. The van der Waals surface area contributed by atoms with Crippen molar-refractivity contribution < 1.29 is 0 Å². The Kier molecular flexibility index (Phi) is 1.12. The molecule has 1 aromatic heterocycles. The number of hydrogen-bond donors (Lipinski definition) is 0. The van der Waals surface area contributed by atoms with Crippen molar-refractivity contribution in [3.8, 4) is 0 Å². The van der Waals surface area contributed by atoms with Crippen molar-refractivity contribution in [2.24, 2.45) is 0 Å². The van der Waals surface area contributed by atoms with Crippen LogP contribution in [0.5, 0.6) is 0 Å². The molecule has 0 aromatic carbocycles. The smallest absolute Gasteiger partial charge is 0.153 e. The lowest BCUT2D eigenvalue weighted by Gasteiger charge is -1.99. The summed E-state index contributed by atoms with van der Waals surface area (Å²) in [7, 11) is 0. The molecule has 0 amide bonds. The van der Waals surface area contributed by atoms with Crippen LogP contribution in [0.15, 0.2) is 6.08 Å². The van der Waals surface area contributed by atoms with Gasteiger partial charge >= 0.3 is 0 Å². The van der Waals surface area contributed by atoms with Gasteiger partial charge in [0.05, 0.1) is 5.69 Å². The zero-order valence-corrected chi connectivity index (χ0v) is 5.74. The maximum Gasteiger partial charge on any atom is 0.153 e. The second-order valence-corrected chi connectivity index (χ2v) is 2.93. The van der Waals surface area contributed by atoms with Crippen LogP contribution in [-0.4, -0.2) is 4.98 Å². The monoisotopic (exact) mass is 136 g/mol. The highest BCUT2D eigenvalue weighted by Gasteiger charge is 2.05. The first-order valence-corrected chi connectivity index (χ1v) is 3.81. The molecule has 0 N–H and O–H groups in total. The molecular weight excluding hydrogens is 130 g/mol. The Morgan fingerprint density at radius 3 is 3.56 bits per heavy atom. The van der Waals surface area contributed by atoms with E-state index in [0.717, 1.165) is 12.1 Å². The minimum absolute atomic E-state index is 1.13. The predicted octanol–water partition coefficient (Wildman–Crippen LogP) is 1.90. The van der Waals surface area contributed by atoms with Gasteiger partial charge in [0, 0.05) is 4.88 Å². The second-order valence-electron chi connectivity index (χ2n) is 2.05. The molecule has 0 saturated carbocycles. The van der Waals surface area contributed by atoms with Crippen LogP contribution >= 0.6 is 11.3 Å². The number of rotatable bonds is 0. The zero-order valence-electron chi connectivity index (χ0n) is 4.92. The van der Waals surface area contributed by atoms with E-state index in [1.54, 1.807) is 11.3 Å². The van der Waals surface area contributed by atoms with Crippen LogP contribution in [0.4, 0.5) is 0 Å². The fourth-order valence-corrected chi connectivity index (χ4v) is 1.65. The van der Waals surface area contributed by atoms with Crippen molar-refractivity contribution in [3.05, 3.63) is 22.2 Å². The van der Waals surface area contributed by atoms with Crippen molar-refractivity contribution >= 4 is 17.4 Å². The Bertz CT molecular complexity index is 237. The van der Waals surface area contributed by atoms with E-state index in [-0.39, 0.29) is 0 Å². The lowest BCUT2D eigenvalue weighted by molar-refractivity contribution is 1.00. The van der Waals surface area contributed by atoms with E-state index in [1.165, 1.54) is 11.3 Å². The SMILES string of the molecule is [c]1nc2c(s1)CCC=C2. The van der Waals surface area contributed by atoms with Crippen molar-refractivity contribution in [2.45, 2.75) is 12.8 Å². The van der Waals surface area contributed by atoms with Crippen molar-refractivity contribution in [1.29, 1.82) is 0 Å². The molecule has 2 rings (SSSR count). The summed E-state index contributed by atoms with van der Waals surface area (Å²) in [6.45, 7) is 0. The fourth-order valence-electron chi connectivity index (χ4n) is 0.960. The summed E-state index contributed by atoms with van der Waals surface area (Å²) in [6.07, 6.45) is 6.57. The Morgan fingerprint density at radius 1 is 1.67 bits per heavy atom. The Hall–Kier alpha value is -0.630. The summed E-state index contributed by atoms with van der Waals surface area (Å²) in [6, 6.07) is 0. The quantitative estimate of drug-likeness (QED) is 0.531. The Labute approximate surface area is 58.1 Å². The van der Waals surface area contributed by atoms with Gasteiger partial charge in [0.15, 0.2) is 5.51 Å². The topological polar surface area (TPSA) is 12.9 Å². The largest absolute Gasteiger partial charge is 0.234 e. The van der Waals surface area contributed by atoms with Crippen LogP contribution in [0.25, 0.3) is 6.08 Å². The lowest BCUT2D eigenvalue weighted by atomic mass is 10.1. The van der Waals surface area contributed by atoms with Crippen LogP contribution < -0.4 is 0 Å². The maximum atomic E-state index is 4.06. The van der Waals surface area contributed by atoms with E-state index < -0.39 is 0 Å². The molecular formula is C7H6NS. The van der Waals surface area contributed by atoms with E-state index in [4.69, 9.17) is 0 Å². The minimum atomic E-state index is 1.13. The van der Waals surface area contributed by atoms with Crippen LogP contribution in [0, 0.1) is 5.51 Å². The molecule has 0 bridgehead atoms. The van der Waals surface area contributed by atoms with Gasteiger partial charge in [-0.05, 0) is 18.9 Å². The highest BCUT2D eigenvalue weighted by Crippen LogP contribution is 2.20. The summed E-state index contributed by atoms with van der Waals surface area (Å²) < 4.78 is 0. The van der Waals surface area contributed by atoms with Gasteiger partial charge in [-0.1, -0.05) is 6.08 Å². The van der Waals surface area contributed by atoms with E-state index in [2.05, 4.69) is 22.6 Å². The molecule has 0 unspecified atom stereocenters. The van der Waals surface area contributed by atoms with Crippen molar-refractivity contribution in [3.63, 3.8) is 0 Å². The lowest BCUT2D eigenvalue weighted by Crippen LogP contribution is -1.87. The van der Waals surface area contributed by atoms with Crippen LogP contribution in [0.2, 0.25) is 0 Å².